The Morgan fingerprint density at radius 2 is 2.18 bits per heavy atom. The molecule has 0 spiro atoms. The third kappa shape index (κ3) is 1.80. The number of carbonyl (C=O) groups is 1. The van der Waals surface area contributed by atoms with Crippen molar-refractivity contribution in [3.8, 4) is 0 Å². The zero-order chi connectivity index (χ0) is 12.0. The molecule has 1 atom stereocenters. The Morgan fingerprint density at radius 3 is 2.76 bits per heavy atom. The Kier molecular flexibility index (Phi) is 2.73. The van der Waals surface area contributed by atoms with E-state index in [0.717, 1.165) is 23.3 Å². The van der Waals surface area contributed by atoms with E-state index in [-0.39, 0.29) is 5.92 Å². The number of rotatable bonds is 2. The molecule has 1 aliphatic heterocycles. The Hall–Kier alpha value is -0.840. The fourth-order valence-corrected chi connectivity index (χ4v) is 3.31. The smallest absolute Gasteiger partial charge is 0.308 e. The predicted molar refractivity (Wildman–Crippen MR) is 66.0 cm³/mol. The van der Waals surface area contributed by atoms with Crippen molar-refractivity contribution in [1.29, 1.82) is 0 Å². The van der Waals surface area contributed by atoms with Crippen LogP contribution in [-0.4, -0.2) is 20.6 Å². The van der Waals surface area contributed by atoms with E-state index in [1.54, 1.807) is 0 Å². The number of hydrogen-bond donors (Lipinski definition) is 1. The van der Waals surface area contributed by atoms with Crippen LogP contribution in [0.2, 0.25) is 0 Å². The van der Waals surface area contributed by atoms with Gasteiger partial charge in [-0.05, 0) is 41.6 Å². The van der Waals surface area contributed by atoms with Gasteiger partial charge in [0, 0.05) is 12.5 Å². The van der Waals surface area contributed by atoms with Gasteiger partial charge in [-0.1, -0.05) is 6.42 Å². The van der Waals surface area contributed by atoms with Gasteiger partial charge >= 0.3 is 5.97 Å². The van der Waals surface area contributed by atoms with E-state index in [1.807, 2.05) is 0 Å². The quantitative estimate of drug-likeness (QED) is 0.913. The zero-order valence-corrected chi connectivity index (χ0v) is 11.1. The predicted octanol–water partition coefficient (Wildman–Crippen LogP) is 2.56. The lowest BCUT2D eigenvalue weighted by Crippen LogP contribution is -2.28. The molecule has 17 heavy (non-hydrogen) atoms. The van der Waals surface area contributed by atoms with Crippen molar-refractivity contribution in [1.82, 2.24) is 9.55 Å². The van der Waals surface area contributed by atoms with Crippen molar-refractivity contribution in [3.05, 3.63) is 16.1 Å². The molecule has 0 radical (unpaired) electrons. The maximum Gasteiger partial charge on any atom is 0.308 e. The first kappa shape index (κ1) is 11.3. The Bertz CT molecular complexity index is 465. The molecule has 4 nitrogen and oxygen atoms in total. The van der Waals surface area contributed by atoms with E-state index >= 15 is 0 Å². The van der Waals surface area contributed by atoms with Crippen LogP contribution in [-0.2, 0) is 17.8 Å². The maximum atomic E-state index is 11.1. The van der Waals surface area contributed by atoms with Crippen LogP contribution in [0.1, 0.15) is 43.1 Å². The fraction of sp³-hybridized carbons (Fsp3) is 0.667. The number of aliphatic carboxylic acids is 1. The van der Waals surface area contributed by atoms with Crippen LogP contribution in [0, 0.1) is 5.92 Å². The molecule has 1 aromatic rings. The Balaban J connectivity index is 1.95. The number of nitrogens with zero attached hydrogens (tertiary/aromatic N) is 2. The van der Waals surface area contributed by atoms with Crippen molar-refractivity contribution >= 4 is 21.9 Å². The summed E-state index contributed by atoms with van der Waals surface area (Å²) in [6.45, 7) is 0.592. The van der Waals surface area contributed by atoms with Crippen LogP contribution in [0.25, 0.3) is 0 Å². The Morgan fingerprint density at radius 1 is 1.41 bits per heavy atom. The summed E-state index contributed by atoms with van der Waals surface area (Å²) >= 11 is 3.50. The normalized spacial score (nSPS) is 24.2. The van der Waals surface area contributed by atoms with Gasteiger partial charge in [0.05, 0.1) is 11.6 Å². The molecule has 1 fully saturated rings. The minimum Gasteiger partial charge on any atom is -0.481 e. The van der Waals surface area contributed by atoms with Gasteiger partial charge in [-0.15, -0.1) is 0 Å². The fourth-order valence-electron chi connectivity index (χ4n) is 2.72. The molecule has 5 heteroatoms. The van der Waals surface area contributed by atoms with E-state index in [0.29, 0.717) is 12.5 Å². The van der Waals surface area contributed by atoms with Gasteiger partial charge < -0.3 is 9.67 Å². The number of fused-ring (bicyclic) bond motifs is 1. The summed E-state index contributed by atoms with van der Waals surface area (Å²) in [6.07, 6.45) is 5.20. The average Bonchev–Trinajstić information content (AvgIpc) is 2.54. The van der Waals surface area contributed by atoms with Gasteiger partial charge in [0.2, 0.25) is 0 Å². The van der Waals surface area contributed by atoms with Crippen LogP contribution in [0.5, 0.6) is 0 Å². The van der Waals surface area contributed by atoms with Gasteiger partial charge in [-0.25, -0.2) is 4.98 Å². The zero-order valence-electron chi connectivity index (χ0n) is 9.53. The molecule has 0 amide bonds. The van der Waals surface area contributed by atoms with Crippen molar-refractivity contribution in [2.45, 2.75) is 44.6 Å². The molecule has 0 saturated heterocycles. The highest BCUT2D eigenvalue weighted by Gasteiger charge is 2.32. The van der Waals surface area contributed by atoms with Crippen LogP contribution in [0.4, 0.5) is 0 Å². The lowest BCUT2D eigenvalue weighted by molar-refractivity contribution is -0.142. The molecule has 1 aromatic heterocycles. The van der Waals surface area contributed by atoms with Crippen molar-refractivity contribution < 1.29 is 9.90 Å². The highest BCUT2D eigenvalue weighted by molar-refractivity contribution is 9.10. The number of hydrogen-bond acceptors (Lipinski definition) is 2. The second kappa shape index (κ2) is 4.12. The Labute approximate surface area is 108 Å². The summed E-state index contributed by atoms with van der Waals surface area (Å²) in [5.41, 5.74) is 1.18. The average molecular weight is 299 g/mol. The molecule has 2 aliphatic rings. The minimum absolute atomic E-state index is 0.248. The molecule has 0 aromatic carbocycles. The van der Waals surface area contributed by atoms with Crippen molar-refractivity contribution in [3.63, 3.8) is 0 Å². The highest BCUT2D eigenvalue weighted by Crippen LogP contribution is 2.39. The summed E-state index contributed by atoms with van der Waals surface area (Å²) in [5, 5.41) is 9.13. The summed E-state index contributed by atoms with van der Waals surface area (Å²) < 4.78 is 3.07. The molecule has 0 bridgehead atoms. The minimum atomic E-state index is -0.681. The second-order valence-corrected chi connectivity index (χ2v) is 5.77. The molecular formula is C12H15BrN2O2. The number of imidazole rings is 1. The topological polar surface area (TPSA) is 55.1 Å². The first-order chi connectivity index (χ1) is 8.16. The standard InChI is InChI=1S/C12H15BrN2O2/c13-10-9-5-4-8(12(16)17)6-15(9)11(14-10)7-2-1-3-7/h7-8H,1-6H2,(H,16,17). The van der Waals surface area contributed by atoms with Crippen LogP contribution in [0.3, 0.4) is 0 Å². The van der Waals surface area contributed by atoms with E-state index in [9.17, 15) is 4.79 Å². The largest absolute Gasteiger partial charge is 0.481 e. The summed E-state index contributed by atoms with van der Waals surface area (Å²) in [6, 6.07) is 0. The van der Waals surface area contributed by atoms with Gasteiger partial charge in [-0.3, -0.25) is 4.79 Å². The lowest BCUT2D eigenvalue weighted by atomic mass is 9.84. The van der Waals surface area contributed by atoms with Gasteiger partial charge in [0.1, 0.15) is 10.4 Å². The molecule has 1 N–H and O–H groups in total. The van der Waals surface area contributed by atoms with E-state index < -0.39 is 5.97 Å². The summed E-state index contributed by atoms with van der Waals surface area (Å²) in [5.74, 6) is 0.721. The first-order valence-electron chi connectivity index (χ1n) is 6.14. The van der Waals surface area contributed by atoms with Gasteiger partial charge in [-0.2, -0.15) is 0 Å². The van der Waals surface area contributed by atoms with E-state index in [1.165, 1.54) is 25.0 Å². The van der Waals surface area contributed by atoms with Crippen molar-refractivity contribution in [2.75, 3.05) is 0 Å². The first-order valence-corrected chi connectivity index (χ1v) is 6.93. The highest BCUT2D eigenvalue weighted by atomic mass is 79.9. The third-order valence-corrected chi connectivity index (χ3v) is 4.64. The molecule has 1 unspecified atom stereocenters. The molecule has 3 rings (SSSR count). The summed E-state index contributed by atoms with van der Waals surface area (Å²) in [4.78, 5) is 15.7. The number of halogens is 1. The second-order valence-electron chi connectivity index (χ2n) is 5.02. The number of carboxylic acid groups (broad SMARTS) is 1. The molecule has 1 aliphatic carbocycles. The SMILES string of the molecule is O=C(O)C1CCc2c(Br)nc(C3CCC3)n2C1. The van der Waals surface area contributed by atoms with Crippen molar-refractivity contribution in [2.24, 2.45) is 5.92 Å². The van der Waals surface area contributed by atoms with E-state index in [4.69, 9.17) is 5.11 Å². The van der Waals surface area contributed by atoms with Crippen LogP contribution in [0.15, 0.2) is 4.60 Å². The molecular weight excluding hydrogens is 284 g/mol. The monoisotopic (exact) mass is 298 g/mol. The van der Waals surface area contributed by atoms with Crippen LogP contribution >= 0.6 is 15.9 Å². The number of carboxylic acids is 1. The van der Waals surface area contributed by atoms with Crippen LogP contribution < -0.4 is 0 Å². The van der Waals surface area contributed by atoms with Gasteiger partial charge in [0.25, 0.3) is 0 Å². The van der Waals surface area contributed by atoms with Gasteiger partial charge in [0.15, 0.2) is 0 Å². The van der Waals surface area contributed by atoms with E-state index in [2.05, 4.69) is 25.5 Å². The molecule has 92 valence electrons. The molecule has 2 heterocycles. The number of aromatic nitrogens is 2. The third-order valence-electron chi connectivity index (χ3n) is 4.01. The summed E-state index contributed by atoms with van der Waals surface area (Å²) in [7, 11) is 0. The maximum absolute atomic E-state index is 11.1. The molecule has 1 saturated carbocycles. The lowest BCUT2D eigenvalue weighted by Gasteiger charge is -2.29.